The number of piperidine rings is 1. The van der Waals surface area contributed by atoms with Crippen LogP contribution in [0.2, 0.25) is 0 Å². The summed E-state index contributed by atoms with van der Waals surface area (Å²) in [4.78, 5) is 55.9. The minimum atomic E-state index is -2.74. The Morgan fingerprint density at radius 3 is 2.05 bits per heavy atom. The number of imide groups is 2. The summed E-state index contributed by atoms with van der Waals surface area (Å²) in [5.74, 6) is -21.4. The molecule has 0 bridgehead atoms. The largest absolute Gasteiger partial charge is 0.507 e. The highest BCUT2D eigenvalue weighted by atomic mass is 35.5. The van der Waals surface area contributed by atoms with Crippen molar-refractivity contribution in [2.24, 2.45) is 17.8 Å². The van der Waals surface area contributed by atoms with Crippen LogP contribution in [0.5, 0.6) is 5.75 Å². The maximum absolute atomic E-state index is 15.4. The van der Waals surface area contributed by atoms with E-state index in [1.807, 2.05) is 30.3 Å². The van der Waals surface area contributed by atoms with Crippen LogP contribution in [-0.4, -0.2) is 67.4 Å². The first kappa shape index (κ1) is 37.7. The van der Waals surface area contributed by atoms with Gasteiger partial charge in [0.05, 0.1) is 11.8 Å². The van der Waals surface area contributed by atoms with Crippen molar-refractivity contribution in [1.29, 1.82) is 0 Å². The first-order valence-electron chi connectivity index (χ1n) is 18.5. The molecular formula is C42H32Cl2F5N3O5. The normalized spacial score (nSPS) is 29.2. The number of rotatable bonds is 5. The van der Waals surface area contributed by atoms with Gasteiger partial charge < -0.3 is 5.11 Å². The number of allylic oxidation sites excluding steroid dienone is 2. The van der Waals surface area contributed by atoms with E-state index in [1.165, 1.54) is 11.0 Å². The summed E-state index contributed by atoms with van der Waals surface area (Å²) in [5.41, 5.74) is -0.497. The van der Waals surface area contributed by atoms with Crippen molar-refractivity contribution in [1.82, 2.24) is 9.80 Å². The minimum Gasteiger partial charge on any atom is -0.507 e. The minimum absolute atomic E-state index is 0.0149. The van der Waals surface area contributed by atoms with E-state index in [-0.39, 0.29) is 28.2 Å². The molecule has 0 radical (unpaired) electrons. The lowest BCUT2D eigenvalue weighted by Crippen LogP contribution is -2.60. The van der Waals surface area contributed by atoms with Gasteiger partial charge in [0.1, 0.15) is 11.4 Å². The van der Waals surface area contributed by atoms with Crippen LogP contribution in [0.15, 0.2) is 78.4 Å². The number of benzene rings is 4. The fraction of sp³-hybridized carbons (Fsp3) is 0.333. The van der Waals surface area contributed by atoms with E-state index >= 15 is 8.78 Å². The van der Waals surface area contributed by atoms with Gasteiger partial charge in [-0.2, -0.15) is 0 Å². The van der Waals surface area contributed by atoms with E-state index < -0.39 is 104 Å². The molecule has 2 aliphatic carbocycles. The fourth-order valence-corrected chi connectivity index (χ4v) is 10.9. The second-order valence-electron chi connectivity index (χ2n) is 15.5. The smallest absolute Gasteiger partial charge is 0.258 e. The second kappa shape index (κ2) is 13.4. The zero-order chi connectivity index (χ0) is 40.3. The molecule has 8 nitrogen and oxygen atoms in total. The van der Waals surface area contributed by atoms with Crippen LogP contribution >= 0.6 is 23.2 Å². The third-order valence-corrected chi connectivity index (χ3v) is 14.1. The number of carbonyl (C=O) groups is 4. The summed E-state index contributed by atoms with van der Waals surface area (Å²) in [6, 6.07) is 19.2. The van der Waals surface area contributed by atoms with Gasteiger partial charge in [-0.05, 0) is 42.6 Å². The number of alkyl halides is 2. The number of phenols is 1. The van der Waals surface area contributed by atoms with E-state index in [9.17, 15) is 37.5 Å². The molecule has 5 aliphatic rings. The molecule has 3 aliphatic heterocycles. The Morgan fingerprint density at radius 2 is 1.37 bits per heavy atom. The van der Waals surface area contributed by atoms with E-state index in [2.05, 4.69) is 4.90 Å². The second-order valence-corrected chi connectivity index (χ2v) is 16.7. The summed E-state index contributed by atoms with van der Waals surface area (Å²) >= 11 is 14.5. The average molecular weight is 825 g/mol. The Hall–Kier alpha value is -4.85. The molecule has 0 spiro atoms. The van der Waals surface area contributed by atoms with E-state index in [4.69, 9.17) is 23.2 Å². The highest BCUT2D eigenvalue weighted by Gasteiger charge is 2.77. The van der Waals surface area contributed by atoms with Gasteiger partial charge in [-0.1, -0.05) is 78.4 Å². The number of phenolic OH excluding ortho intramolecular Hbond substituents is 1. The molecule has 0 unspecified atom stereocenters. The van der Waals surface area contributed by atoms with Gasteiger partial charge in [-0.25, -0.2) is 26.9 Å². The monoisotopic (exact) mass is 823 g/mol. The number of nitrogens with zero attached hydrogens (tertiary/aromatic N) is 3. The van der Waals surface area contributed by atoms with Crippen molar-refractivity contribution in [2.45, 2.75) is 53.9 Å². The highest BCUT2D eigenvalue weighted by molar-refractivity contribution is 6.58. The number of hydrogen-bond acceptors (Lipinski definition) is 6. The molecule has 15 heteroatoms. The Bertz CT molecular complexity index is 2430. The number of hydrogen-bond donors (Lipinski definition) is 1. The lowest BCUT2D eigenvalue weighted by Gasteiger charge is -2.50. The summed E-state index contributed by atoms with van der Waals surface area (Å²) in [6.45, 7) is 1.93. The van der Waals surface area contributed by atoms with E-state index in [0.29, 0.717) is 43.2 Å². The Kier molecular flexibility index (Phi) is 8.83. The number of anilines is 1. The molecule has 4 aromatic rings. The van der Waals surface area contributed by atoms with Crippen LogP contribution in [0.25, 0.3) is 10.8 Å². The van der Waals surface area contributed by atoms with Gasteiger partial charge >= 0.3 is 0 Å². The number of carbonyl (C=O) groups excluding carboxylic acids is 4. The number of amides is 4. The van der Waals surface area contributed by atoms with Crippen LogP contribution < -0.4 is 4.90 Å². The summed E-state index contributed by atoms with van der Waals surface area (Å²) in [5, 5.41) is 12.7. The molecule has 3 saturated heterocycles. The highest BCUT2D eigenvalue weighted by Crippen LogP contribution is 2.67. The molecule has 9 rings (SSSR count). The van der Waals surface area contributed by atoms with Gasteiger partial charge in [-0.3, -0.25) is 29.0 Å². The quantitative estimate of drug-likeness (QED) is 0.0561. The van der Waals surface area contributed by atoms with Gasteiger partial charge in [-0.15, -0.1) is 23.2 Å². The van der Waals surface area contributed by atoms with Crippen molar-refractivity contribution >= 4 is 63.3 Å². The van der Waals surface area contributed by atoms with Crippen molar-refractivity contribution in [3.63, 3.8) is 0 Å². The summed E-state index contributed by atoms with van der Waals surface area (Å²) < 4.78 is 74.2. The Labute approximate surface area is 332 Å². The standard InChI is InChI=1S/C42H32Cl2F5N3O5/c43-41-18-27-24(12-13-25-28(27)38(55)51(37(25)54)22-14-16-50(17-15-22)19-20-6-2-1-3-7-20)29(26-11-10-21-8-4-5-9-23(21)36(26)53)42(41,44)40(57)52(39(41)56)35-33(48)31(46)30(45)32(47)34(35)49/h1-12,22,25,27-29,53H,13-19H2/t25-,27+,28-,29+,41+,42-/m0/s1. The number of likely N-dealkylation sites (tertiary alicyclic amines) is 2. The Balaban J connectivity index is 1.14. The average Bonchev–Trinajstić information content (AvgIpc) is 3.55. The summed E-state index contributed by atoms with van der Waals surface area (Å²) in [7, 11) is 0. The predicted molar refractivity (Wildman–Crippen MR) is 199 cm³/mol. The van der Waals surface area contributed by atoms with Crippen molar-refractivity contribution < 1.29 is 46.2 Å². The topological polar surface area (TPSA) is 98.2 Å². The third-order valence-electron chi connectivity index (χ3n) is 12.7. The van der Waals surface area contributed by atoms with Crippen molar-refractivity contribution in [2.75, 3.05) is 18.0 Å². The zero-order valence-electron chi connectivity index (χ0n) is 29.8. The lowest BCUT2D eigenvalue weighted by atomic mass is 9.56. The first-order chi connectivity index (χ1) is 27.2. The Morgan fingerprint density at radius 1 is 0.737 bits per heavy atom. The van der Waals surface area contributed by atoms with Crippen molar-refractivity contribution in [3.05, 3.63) is 119 Å². The molecule has 0 aromatic heterocycles. The number of halogens is 7. The van der Waals surface area contributed by atoms with E-state index in [1.54, 1.807) is 36.4 Å². The molecule has 3 heterocycles. The molecule has 1 saturated carbocycles. The van der Waals surface area contributed by atoms with Crippen LogP contribution in [0.3, 0.4) is 0 Å². The molecule has 4 amide bonds. The molecule has 294 valence electrons. The molecule has 57 heavy (non-hydrogen) atoms. The molecule has 4 fully saturated rings. The molecular weight excluding hydrogens is 792 g/mol. The molecule has 1 N–H and O–H groups in total. The first-order valence-corrected chi connectivity index (χ1v) is 19.3. The predicted octanol–water partition coefficient (Wildman–Crippen LogP) is 7.47. The maximum Gasteiger partial charge on any atom is 0.258 e. The van der Waals surface area contributed by atoms with Gasteiger partial charge in [0, 0.05) is 42.5 Å². The van der Waals surface area contributed by atoms with E-state index in [0.717, 1.165) is 5.56 Å². The van der Waals surface area contributed by atoms with Crippen LogP contribution in [0, 0.1) is 46.8 Å². The SMILES string of the molecule is O=C1[C@H]2[C@H](CC=C3[C@H]2C[C@@]2(Cl)C(=O)N(c4c(F)c(F)c(F)c(F)c4F)C(=O)[C@@]2(Cl)[C@H]3c2ccc3ccccc3c2O)C(=O)N1C1CCN(Cc2ccccc2)CC1. The third kappa shape index (κ3) is 5.20. The van der Waals surface area contributed by atoms with Crippen molar-refractivity contribution in [3.8, 4) is 5.75 Å². The lowest BCUT2D eigenvalue weighted by molar-refractivity contribution is -0.144. The van der Waals surface area contributed by atoms with Gasteiger partial charge in [0.2, 0.25) is 17.6 Å². The van der Waals surface area contributed by atoms with Gasteiger partial charge in [0.25, 0.3) is 11.8 Å². The maximum atomic E-state index is 15.4. The number of fused-ring (bicyclic) bond motifs is 5. The summed E-state index contributed by atoms with van der Waals surface area (Å²) in [6.07, 6.45) is 2.05. The molecule has 6 atom stereocenters. The zero-order valence-corrected chi connectivity index (χ0v) is 31.3. The fourth-order valence-electron chi connectivity index (χ4n) is 9.98. The van der Waals surface area contributed by atoms with Crippen LogP contribution in [-0.2, 0) is 25.7 Å². The molecule has 4 aromatic carbocycles. The van der Waals surface area contributed by atoms with Crippen LogP contribution in [0.1, 0.15) is 42.7 Å². The number of aromatic hydroxyl groups is 1. The van der Waals surface area contributed by atoms with Crippen LogP contribution in [0.4, 0.5) is 27.6 Å². The van der Waals surface area contributed by atoms with Gasteiger partial charge in [0.15, 0.2) is 33.0 Å².